The van der Waals surface area contributed by atoms with Crippen LogP contribution >= 0.6 is 0 Å². The average Bonchev–Trinajstić information content (AvgIpc) is 2.66. The van der Waals surface area contributed by atoms with E-state index in [0.29, 0.717) is 25.3 Å². The van der Waals surface area contributed by atoms with Crippen LogP contribution in [0.5, 0.6) is 0 Å². The van der Waals surface area contributed by atoms with Crippen LogP contribution < -0.4 is 16.0 Å². The van der Waals surface area contributed by atoms with E-state index >= 15 is 0 Å². The van der Waals surface area contributed by atoms with E-state index in [9.17, 15) is 24.3 Å². The summed E-state index contributed by atoms with van der Waals surface area (Å²) in [5.41, 5.74) is -1.88. The summed E-state index contributed by atoms with van der Waals surface area (Å²) in [5, 5.41) is 17.3. The van der Waals surface area contributed by atoms with Crippen molar-refractivity contribution in [3.05, 3.63) is 12.2 Å². The van der Waals surface area contributed by atoms with Gasteiger partial charge in [-0.15, -0.1) is 0 Å². The Morgan fingerprint density at radius 2 is 1.82 bits per heavy atom. The lowest BCUT2D eigenvalue weighted by Gasteiger charge is -2.34. The Morgan fingerprint density at radius 1 is 1.14 bits per heavy atom. The Labute approximate surface area is 164 Å². The molecule has 0 saturated carbocycles. The average molecular weight is 394 g/mol. The van der Waals surface area contributed by atoms with Gasteiger partial charge >= 0.3 is 5.97 Å². The van der Waals surface area contributed by atoms with Crippen LogP contribution in [0.3, 0.4) is 0 Å². The topological polar surface area (TPSA) is 128 Å². The van der Waals surface area contributed by atoms with Gasteiger partial charge in [0.25, 0.3) is 0 Å². The molecule has 0 aliphatic carbocycles. The van der Waals surface area contributed by atoms with E-state index in [0.717, 1.165) is 25.9 Å². The van der Waals surface area contributed by atoms with E-state index in [2.05, 4.69) is 16.0 Å². The van der Waals surface area contributed by atoms with E-state index in [4.69, 9.17) is 0 Å². The van der Waals surface area contributed by atoms with Gasteiger partial charge < -0.3 is 26.0 Å². The summed E-state index contributed by atoms with van der Waals surface area (Å²) in [7, 11) is 0. The summed E-state index contributed by atoms with van der Waals surface area (Å²) in [5.74, 6) is -2.66. The van der Waals surface area contributed by atoms with E-state index in [1.165, 1.54) is 13.8 Å². The summed E-state index contributed by atoms with van der Waals surface area (Å²) in [6, 6.07) is 0. The number of likely N-dealkylation sites (tertiary alicyclic amines) is 1. The minimum absolute atomic E-state index is 0.126. The molecule has 2 saturated heterocycles. The Balaban J connectivity index is 1.94. The van der Waals surface area contributed by atoms with Crippen LogP contribution in [-0.4, -0.2) is 65.5 Å². The second-order valence-corrected chi connectivity index (χ2v) is 7.67. The predicted octanol–water partition coefficient (Wildman–Crippen LogP) is -0.166. The molecule has 0 aromatic heterocycles. The van der Waals surface area contributed by atoms with E-state index < -0.39 is 29.4 Å². The summed E-state index contributed by atoms with van der Waals surface area (Å²) in [6.07, 6.45) is 6.77. The van der Waals surface area contributed by atoms with Crippen LogP contribution in [0.4, 0.5) is 0 Å². The van der Waals surface area contributed by atoms with E-state index in [1.807, 2.05) is 6.08 Å². The molecule has 2 fully saturated rings. The third-order valence-electron chi connectivity index (χ3n) is 5.23. The Bertz CT molecular complexity index is 644. The molecule has 2 aliphatic rings. The number of carboxylic acids is 1. The fourth-order valence-electron chi connectivity index (χ4n) is 3.59. The van der Waals surface area contributed by atoms with Crippen molar-refractivity contribution in [2.24, 2.45) is 11.8 Å². The van der Waals surface area contributed by atoms with E-state index in [1.54, 1.807) is 11.0 Å². The van der Waals surface area contributed by atoms with Crippen LogP contribution in [0.1, 0.15) is 39.5 Å². The highest BCUT2D eigenvalue weighted by molar-refractivity contribution is 5.92. The fraction of sp³-hybridized carbons (Fsp3) is 0.684. The summed E-state index contributed by atoms with van der Waals surface area (Å²) < 4.78 is 0. The first kappa shape index (κ1) is 21.9. The maximum absolute atomic E-state index is 12.6. The molecular weight excluding hydrogens is 364 g/mol. The van der Waals surface area contributed by atoms with Gasteiger partial charge in [0.1, 0.15) is 0 Å². The maximum atomic E-state index is 12.6. The number of nitrogens with zero attached hydrogens (tertiary/aromatic N) is 1. The minimum Gasteiger partial charge on any atom is -0.478 e. The van der Waals surface area contributed by atoms with Crippen molar-refractivity contribution in [2.75, 3.05) is 26.2 Å². The Morgan fingerprint density at radius 3 is 2.43 bits per heavy atom. The molecule has 28 heavy (non-hydrogen) atoms. The third-order valence-corrected chi connectivity index (χ3v) is 5.23. The van der Waals surface area contributed by atoms with Crippen molar-refractivity contribution in [3.8, 4) is 0 Å². The second-order valence-electron chi connectivity index (χ2n) is 7.67. The lowest BCUT2D eigenvalue weighted by Crippen LogP contribution is -2.64. The van der Waals surface area contributed by atoms with Crippen LogP contribution in [-0.2, 0) is 19.2 Å². The molecule has 0 unspecified atom stereocenters. The molecule has 2 rings (SSSR count). The summed E-state index contributed by atoms with van der Waals surface area (Å²) in [6.45, 7) is 5.11. The van der Waals surface area contributed by atoms with Gasteiger partial charge in [0.15, 0.2) is 0 Å². The monoisotopic (exact) mass is 394 g/mol. The fourth-order valence-corrected chi connectivity index (χ4v) is 3.59. The SMILES string of the molecule is CC(=O)N[C@@](C)(NC(=O)[C@@H]1CCCN(C(=O)/C=C/C2CCNCC2)C1)C(=O)O. The number of carbonyl (C=O) groups is 4. The van der Waals surface area contributed by atoms with Crippen LogP contribution in [0.25, 0.3) is 0 Å². The number of rotatable bonds is 6. The van der Waals surface area contributed by atoms with Crippen molar-refractivity contribution in [3.63, 3.8) is 0 Å². The quantitative estimate of drug-likeness (QED) is 0.366. The lowest BCUT2D eigenvalue weighted by molar-refractivity contribution is -0.151. The number of carboxylic acid groups (broad SMARTS) is 1. The molecule has 0 bridgehead atoms. The molecule has 0 spiro atoms. The molecule has 156 valence electrons. The van der Waals surface area contributed by atoms with Gasteiger partial charge in [0.2, 0.25) is 23.4 Å². The lowest BCUT2D eigenvalue weighted by atomic mass is 9.95. The largest absolute Gasteiger partial charge is 0.478 e. The highest BCUT2D eigenvalue weighted by Crippen LogP contribution is 2.19. The number of carbonyl (C=O) groups excluding carboxylic acids is 3. The van der Waals surface area contributed by atoms with E-state index in [-0.39, 0.29) is 12.5 Å². The summed E-state index contributed by atoms with van der Waals surface area (Å²) in [4.78, 5) is 49.5. The number of hydrogen-bond acceptors (Lipinski definition) is 5. The van der Waals surface area contributed by atoms with Gasteiger partial charge in [0, 0.05) is 20.0 Å². The second kappa shape index (κ2) is 9.68. The zero-order valence-electron chi connectivity index (χ0n) is 16.5. The number of piperidine rings is 2. The van der Waals surface area contributed by atoms with Crippen molar-refractivity contribution in [1.29, 1.82) is 0 Å². The molecule has 0 aromatic carbocycles. The van der Waals surface area contributed by atoms with Gasteiger partial charge in [-0.05, 0) is 57.7 Å². The zero-order chi connectivity index (χ0) is 20.7. The van der Waals surface area contributed by atoms with Crippen molar-refractivity contribution >= 4 is 23.7 Å². The highest BCUT2D eigenvalue weighted by Gasteiger charge is 2.38. The number of nitrogens with one attached hydrogen (secondary N) is 3. The molecule has 9 nitrogen and oxygen atoms in total. The first-order chi connectivity index (χ1) is 13.2. The van der Waals surface area contributed by atoms with Crippen LogP contribution in [0, 0.1) is 11.8 Å². The van der Waals surface area contributed by atoms with Crippen molar-refractivity contribution in [1.82, 2.24) is 20.9 Å². The van der Waals surface area contributed by atoms with Crippen molar-refractivity contribution < 1.29 is 24.3 Å². The third kappa shape index (κ3) is 6.05. The number of aliphatic carboxylic acids is 1. The Hall–Kier alpha value is -2.42. The Kier molecular flexibility index (Phi) is 7.56. The minimum atomic E-state index is -1.88. The van der Waals surface area contributed by atoms with Crippen LogP contribution in [0.2, 0.25) is 0 Å². The maximum Gasteiger partial charge on any atom is 0.350 e. The molecule has 0 aromatic rings. The van der Waals surface area contributed by atoms with Crippen molar-refractivity contribution in [2.45, 2.75) is 45.2 Å². The number of hydrogen-bond donors (Lipinski definition) is 4. The first-order valence-corrected chi connectivity index (χ1v) is 9.73. The smallest absolute Gasteiger partial charge is 0.350 e. The number of allylic oxidation sites excluding steroid dienone is 1. The van der Waals surface area contributed by atoms with Gasteiger partial charge in [-0.2, -0.15) is 0 Å². The molecule has 4 N–H and O–H groups in total. The van der Waals surface area contributed by atoms with Crippen LogP contribution in [0.15, 0.2) is 12.2 Å². The normalized spacial score (nSPS) is 23.1. The standard InChI is InChI=1S/C19H30N4O5/c1-13(24)21-19(2,18(27)28)22-17(26)15-4-3-11-23(12-15)16(25)6-5-14-7-9-20-10-8-14/h5-6,14-15,20H,3-4,7-12H2,1-2H3,(H,21,24)(H,22,26)(H,27,28)/b6-5+/t15-,19+/m1/s1. The van der Waals surface area contributed by atoms with Gasteiger partial charge in [-0.25, -0.2) is 4.79 Å². The number of amides is 3. The predicted molar refractivity (Wildman–Crippen MR) is 102 cm³/mol. The molecular formula is C19H30N4O5. The molecule has 0 radical (unpaired) electrons. The van der Waals surface area contributed by atoms with Gasteiger partial charge in [0.05, 0.1) is 5.92 Å². The highest BCUT2D eigenvalue weighted by atomic mass is 16.4. The molecule has 9 heteroatoms. The molecule has 2 atom stereocenters. The van der Waals surface area contributed by atoms with Gasteiger partial charge in [-0.1, -0.05) is 6.08 Å². The first-order valence-electron chi connectivity index (χ1n) is 9.73. The zero-order valence-corrected chi connectivity index (χ0v) is 16.5. The summed E-state index contributed by atoms with van der Waals surface area (Å²) >= 11 is 0. The molecule has 3 amide bonds. The molecule has 2 aliphatic heterocycles. The van der Waals surface area contributed by atoms with Gasteiger partial charge in [-0.3, -0.25) is 14.4 Å². The molecule has 2 heterocycles.